The Balaban J connectivity index is 0.955. The summed E-state index contributed by atoms with van der Waals surface area (Å²) in [6, 6.07) is 58.4. The van der Waals surface area contributed by atoms with Crippen molar-refractivity contribution in [2.75, 3.05) is 4.90 Å². The van der Waals surface area contributed by atoms with Crippen LogP contribution in [0.5, 0.6) is 11.5 Å². The Bertz CT molecular complexity index is 2470. The zero-order valence-electron chi connectivity index (χ0n) is 25.9. The normalized spacial score (nSPS) is 15.8. The van der Waals surface area contributed by atoms with E-state index in [-0.39, 0.29) is 12.2 Å². The Labute approximate surface area is 282 Å². The van der Waals surface area contributed by atoms with E-state index in [2.05, 4.69) is 150 Å². The zero-order chi connectivity index (χ0) is 31.6. The SMILES string of the molecule is c1ccc(N(c2ccc(-c3ccc4c(c3)OC3c5ccccc5OC43)cc2)c2ccc(-c3ccc4sc5ccccc5c4c3)cc2)cc1. The van der Waals surface area contributed by atoms with Crippen LogP contribution in [0.15, 0.2) is 164 Å². The van der Waals surface area contributed by atoms with Crippen molar-refractivity contribution in [3.63, 3.8) is 0 Å². The summed E-state index contributed by atoms with van der Waals surface area (Å²) in [7, 11) is 0. The van der Waals surface area contributed by atoms with Gasteiger partial charge < -0.3 is 14.4 Å². The molecule has 3 nitrogen and oxygen atoms in total. The number of anilines is 3. The van der Waals surface area contributed by atoms with Gasteiger partial charge in [-0.25, -0.2) is 0 Å². The second-order valence-corrected chi connectivity index (χ2v) is 13.5. The molecule has 2 aliphatic heterocycles. The van der Waals surface area contributed by atoms with Crippen LogP contribution in [0.2, 0.25) is 0 Å². The number of ether oxygens (including phenoxy) is 2. The minimum absolute atomic E-state index is 0.0851. The highest BCUT2D eigenvalue weighted by molar-refractivity contribution is 7.25. The fourth-order valence-corrected chi connectivity index (χ4v) is 8.35. The van der Waals surface area contributed by atoms with Crippen molar-refractivity contribution in [2.45, 2.75) is 12.2 Å². The van der Waals surface area contributed by atoms with Crippen LogP contribution in [0.1, 0.15) is 23.3 Å². The Morgan fingerprint density at radius 1 is 0.396 bits per heavy atom. The van der Waals surface area contributed by atoms with Gasteiger partial charge in [0.05, 0.1) is 0 Å². The van der Waals surface area contributed by atoms with E-state index in [1.54, 1.807) is 0 Å². The summed E-state index contributed by atoms with van der Waals surface area (Å²) in [5.74, 6) is 1.82. The maximum Gasteiger partial charge on any atom is 0.168 e. The largest absolute Gasteiger partial charge is 0.481 e. The summed E-state index contributed by atoms with van der Waals surface area (Å²) in [6.45, 7) is 0. The number of thiophene rings is 1. The van der Waals surface area contributed by atoms with E-state index in [0.717, 1.165) is 50.8 Å². The third-order valence-corrected chi connectivity index (χ3v) is 10.8. The van der Waals surface area contributed by atoms with Gasteiger partial charge in [0.2, 0.25) is 0 Å². The summed E-state index contributed by atoms with van der Waals surface area (Å²) in [5.41, 5.74) is 10.2. The number of hydrogen-bond acceptors (Lipinski definition) is 4. The smallest absolute Gasteiger partial charge is 0.168 e. The van der Waals surface area contributed by atoms with Crippen LogP contribution in [0.25, 0.3) is 42.4 Å². The molecule has 0 N–H and O–H groups in total. The van der Waals surface area contributed by atoms with Crippen molar-refractivity contribution >= 4 is 48.6 Å². The molecular formula is C44H29NO2S. The second kappa shape index (κ2) is 10.9. The quantitative estimate of drug-likeness (QED) is 0.188. The lowest BCUT2D eigenvalue weighted by Crippen LogP contribution is -2.09. The molecule has 10 rings (SSSR count). The summed E-state index contributed by atoms with van der Waals surface area (Å²) in [5, 5.41) is 2.64. The van der Waals surface area contributed by atoms with Crippen molar-refractivity contribution < 1.29 is 9.47 Å². The van der Waals surface area contributed by atoms with Gasteiger partial charge in [0.15, 0.2) is 12.2 Å². The molecular weight excluding hydrogens is 607 g/mol. The van der Waals surface area contributed by atoms with Gasteiger partial charge in [-0.1, -0.05) is 97.1 Å². The Kier molecular flexibility index (Phi) is 6.18. The van der Waals surface area contributed by atoms with Gasteiger partial charge in [0, 0.05) is 48.4 Å². The van der Waals surface area contributed by atoms with Gasteiger partial charge in [-0.3, -0.25) is 0 Å². The van der Waals surface area contributed by atoms with Gasteiger partial charge in [0.25, 0.3) is 0 Å². The number of para-hydroxylation sites is 2. The van der Waals surface area contributed by atoms with Gasteiger partial charge in [-0.2, -0.15) is 0 Å². The van der Waals surface area contributed by atoms with E-state index in [0.29, 0.717) is 0 Å². The van der Waals surface area contributed by atoms with E-state index >= 15 is 0 Å². The molecule has 2 aliphatic rings. The molecule has 2 atom stereocenters. The molecule has 2 unspecified atom stereocenters. The molecule has 0 saturated carbocycles. The van der Waals surface area contributed by atoms with Crippen molar-refractivity contribution in [3.8, 4) is 33.8 Å². The van der Waals surface area contributed by atoms with Crippen LogP contribution in [-0.4, -0.2) is 0 Å². The molecule has 1 aromatic heterocycles. The number of hydrogen-bond donors (Lipinski definition) is 0. The molecule has 0 spiro atoms. The molecule has 0 bridgehead atoms. The van der Waals surface area contributed by atoms with Crippen LogP contribution < -0.4 is 14.4 Å². The topological polar surface area (TPSA) is 21.7 Å². The van der Waals surface area contributed by atoms with Crippen molar-refractivity contribution in [1.82, 2.24) is 0 Å². The number of rotatable bonds is 5. The first-order valence-corrected chi connectivity index (χ1v) is 17.1. The lowest BCUT2D eigenvalue weighted by molar-refractivity contribution is 0.123. The van der Waals surface area contributed by atoms with E-state index in [9.17, 15) is 0 Å². The zero-order valence-corrected chi connectivity index (χ0v) is 26.7. The van der Waals surface area contributed by atoms with Gasteiger partial charge in [-0.05, 0) is 89.0 Å². The van der Waals surface area contributed by atoms with Crippen LogP contribution in [0, 0.1) is 0 Å². The Morgan fingerprint density at radius 2 is 0.938 bits per heavy atom. The third kappa shape index (κ3) is 4.41. The average Bonchev–Trinajstić information content (AvgIpc) is 3.82. The molecule has 0 fully saturated rings. The van der Waals surface area contributed by atoms with E-state index < -0.39 is 0 Å². The molecule has 7 aromatic carbocycles. The fraction of sp³-hybridized carbons (Fsp3) is 0.0455. The summed E-state index contributed by atoms with van der Waals surface area (Å²) >= 11 is 1.86. The monoisotopic (exact) mass is 635 g/mol. The van der Waals surface area contributed by atoms with Crippen LogP contribution in [0.3, 0.4) is 0 Å². The predicted molar refractivity (Wildman–Crippen MR) is 198 cm³/mol. The van der Waals surface area contributed by atoms with Gasteiger partial charge in [0.1, 0.15) is 11.5 Å². The molecule has 3 heterocycles. The van der Waals surface area contributed by atoms with Crippen LogP contribution in [0.4, 0.5) is 17.1 Å². The fourth-order valence-electron chi connectivity index (χ4n) is 7.26. The Morgan fingerprint density at radius 3 is 1.71 bits per heavy atom. The number of nitrogens with zero attached hydrogens (tertiary/aromatic N) is 1. The minimum atomic E-state index is -0.0851. The first-order valence-electron chi connectivity index (χ1n) is 16.3. The van der Waals surface area contributed by atoms with Crippen molar-refractivity contribution in [1.29, 1.82) is 0 Å². The second-order valence-electron chi connectivity index (χ2n) is 12.4. The molecule has 8 aromatic rings. The summed E-state index contributed by atoms with van der Waals surface area (Å²) in [6.07, 6.45) is -0.170. The molecule has 0 aliphatic carbocycles. The third-order valence-electron chi connectivity index (χ3n) is 9.64. The number of benzene rings is 7. The molecule has 228 valence electrons. The highest BCUT2D eigenvalue weighted by Gasteiger charge is 2.43. The highest BCUT2D eigenvalue weighted by Crippen LogP contribution is 2.54. The predicted octanol–water partition coefficient (Wildman–Crippen LogP) is 12.4. The van der Waals surface area contributed by atoms with Gasteiger partial charge >= 0.3 is 0 Å². The minimum Gasteiger partial charge on any atom is -0.481 e. The van der Waals surface area contributed by atoms with Crippen LogP contribution in [-0.2, 0) is 0 Å². The summed E-state index contributed by atoms with van der Waals surface area (Å²) in [4.78, 5) is 2.31. The van der Waals surface area contributed by atoms with E-state index in [4.69, 9.17) is 9.47 Å². The maximum atomic E-state index is 6.44. The molecule has 0 saturated heterocycles. The molecule has 48 heavy (non-hydrogen) atoms. The Hall–Kier alpha value is -5.84. The average molecular weight is 636 g/mol. The number of fused-ring (bicyclic) bond motifs is 8. The first kappa shape index (κ1) is 27.3. The van der Waals surface area contributed by atoms with E-state index in [1.807, 2.05) is 29.5 Å². The molecule has 0 amide bonds. The maximum absolute atomic E-state index is 6.44. The van der Waals surface area contributed by atoms with Crippen molar-refractivity contribution in [3.05, 3.63) is 175 Å². The highest BCUT2D eigenvalue weighted by atomic mass is 32.1. The summed E-state index contributed by atoms with van der Waals surface area (Å²) < 4.78 is 15.4. The lowest BCUT2D eigenvalue weighted by atomic mass is 9.99. The first-order chi connectivity index (χ1) is 23.8. The van der Waals surface area contributed by atoms with Crippen LogP contribution >= 0.6 is 11.3 Å². The van der Waals surface area contributed by atoms with Crippen molar-refractivity contribution in [2.24, 2.45) is 0 Å². The standard InChI is InChI=1S/C44H29NO2S/c1-2-8-32(9-3-1)45(33-20-14-28(15-21-33)30-19-25-42-38(26-30)35-10-5-7-13-41(35)48-42)34-22-16-29(17-23-34)31-18-24-37-40(27-31)47-43-36-11-4-6-12-39(36)46-44(37)43/h1-27,43-44H. The van der Waals surface area contributed by atoms with Gasteiger partial charge in [-0.15, -0.1) is 11.3 Å². The van der Waals surface area contributed by atoms with E-state index in [1.165, 1.54) is 31.3 Å². The molecule has 0 radical (unpaired) electrons. The molecule has 4 heteroatoms. The lowest BCUT2D eigenvalue weighted by Gasteiger charge is -2.26.